The van der Waals surface area contributed by atoms with E-state index in [1.165, 1.54) is 11.3 Å². The summed E-state index contributed by atoms with van der Waals surface area (Å²) >= 11 is 4.55. The van der Waals surface area contributed by atoms with Crippen molar-refractivity contribution in [3.05, 3.63) is 57.7 Å². The second-order valence-electron chi connectivity index (χ2n) is 6.02. The maximum Gasteiger partial charge on any atom is 0.274 e. The average Bonchev–Trinajstić information content (AvgIpc) is 3.49. The third kappa shape index (κ3) is 3.80. The van der Waals surface area contributed by atoms with E-state index in [0.717, 1.165) is 10.6 Å². The Morgan fingerprint density at radius 2 is 2.04 bits per heavy atom. The van der Waals surface area contributed by atoms with Gasteiger partial charge in [0.15, 0.2) is 0 Å². The van der Waals surface area contributed by atoms with Gasteiger partial charge in [-0.3, -0.25) is 9.59 Å². The molecule has 1 aromatic carbocycles. The minimum Gasteiger partial charge on any atom is -0.324 e. The van der Waals surface area contributed by atoms with Gasteiger partial charge < -0.3 is 10.2 Å². The number of nitrogens with one attached hydrogen (secondary N) is 1. The van der Waals surface area contributed by atoms with E-state index in [4.69, 9.17) is 5.26 Å². The number of carbonyl (C=O) groups excluding carboxylic acids is 2. The lowest BCUT2D eigenvalue weighted by Gasteiger charge is -2.22. The van der Waals surface area contributed by atoms with Crippen LogP contribution in [0.2, 0.25) is 0 Å². The van der Waals surface area contributed by atoms with Crippen molar-refractivity contribution in [1.29, 1.82) is 5.26 Å². The molecule has 28 heavy (non-hydrogen) atoms. The average molecular weight is 427 g/mol. The number of aromatic nitrogens is 1. The number of anilines is 1. The maximum atomic E-state index is 12.9. The van der Waals surface area contributed by atoms with E-state index in [2.05, 4.69) is 10.3 Å². The highest BCUT2D eigenvalue weighted by Gasteiger charge is 2.36. The van der Waals surface area contributed by atoms with Crippen LogP contribution in [0.4, 0.5) is 5.69 Å². The molecule has 3 heterocycles. The summed E-state index contributed by atoms with van der Waals surface area (Å²) in [6.07, 6.45) is 0. The molecule has 6 nitrogen and oxygen atoms in total. The molecule has 1 atom stereocenters. The summed E-state index contributed by atoms with van der Waals surface area (Å²) in [6.45, 7) is 0. The highest BCUT2D eigenvalue weighted by Crippen LogP contribution is 2.29. The summed E-state index contributed by atoms with van der Waals surface area (Å²) in [4.78, 5) is 31.7. The Kier molecular flexibility index (Phi) is 5.43. The van der Waals surface area contributed by atoms with E-state index in [-0.39, 0.29) is 11.8 Å². The zero-order valence-corrected chi connectivity index (χ0v) is 16.9. The fraction of sp³-hybridized carbons (Fsp3) is 0.158. The lowest BCUT2D eigenvalue weighted by Crippen LogP contribution is -2.44. The second-order valence-corrected chi connectivity index (χ2v) is 8.66. The number of hydrogen-bond acceptors (Lipinski definition) is 7. The normalized spacial score (nSPS) is 16.0. The maximum absolute atomic E-state index is 12.9. The van der Waals surface area contributed by atoms with Crippen LogP contribution in [0.25, 0.3) is 10.6 Å². The van der Waals surface area contributed by atoms with Crippen LogP contribution in [-0.2, 0) is 4.79 Å². The standard InChI is InChI=1S/C19H14N4O2S3/c20-7-12-1-3-14(4-2-12)21-17(24)16-10-27-11-23(16)19(25)15-9-28-18(22-15)13-5-6-26-8-13/h1-6,8-9,16H,10-11H2,(H,21,24). The van der Waals surface area contributed by atoms with Gasteiger partial charge in [0, 0.05) is 27.8 Å². The summed E-state index contributed by atoms with van der Waals surface area (Å²) in [6, 6.07) is 10.1. The second kappa shape index (κ2) is 8.14. The molecule has 0 bridgehead atoms. The van der Waals surface area contributed by atoms with Crippen molar-refractivity contribution in [3.63, 3.8) is 0 Å². The molecule has 1 N–H and O–H groups in total. The van der Waals surface area contributed by atoms with Crippen molar-refractivity contribution in [2.24, 2.45) is 0 Å². The topological polar surface area (TPSA) is 86.1 Å². The summed E-state index contributed by atoms with van der Waals surface area (Å²) in [5.74, 6) is 0.518. The van der Waals surface area contributed by atoms with Gasteiger partial charge in [-0.05, 0) is 35.7 Å². The Morgan fingerprint density at radius 3 is 2.75 bits per heavy atom. The molecule has 9 heteroatoms. The molecule has 2 aromatic heterocycles. The van der Waals surface area contributed by atoms with Crippen molar-refractivity contribution in [2.45, 2.75) is 6.04 Å². The van der Waals surface area contributed by atoms with E-state index in [9.17, 15) is 9.59 Å². The van der Waals surface area contributed by atoms with E-state index in [1.807, 2.05) is 22.9 Å². The highest BCUT2D eigenvalue weighted by atomic mass is 32.2. The molecule has 1 aliphatic rings. The Morgan fingerprint density at radius 1 is 1.21 bits per heavy atom. The first kappa shape index (κ1) is 18.7. The molecule has 0 aliphatic carbocycles. The van der Waals surface area contributed by atoms with Crippen LogP contribution in [0, 0.1) is 11.3 Å². The van der Waals surface area contributed by atoms with Gasteiger partial charge in [-0.25, -0.2) is 4.98 Å². The van der Waals surface area contributed by atoms with Gasteiger partial charge in [0.05, 0.1) is 17.5 Å². The predicted octanol–water partition coefficient (Wildman–Crippen LogP) is 3.90. The zero-order valence-electron chi connectivity index (χ0n) is 14.5. The van der Waals surface area contributed by atoms with Gasteiger partial charge in [-0.1, -0.05) is 0 Å². The van der Waals surface area contributed by atoms with Gasteiger partial charge in [0.25, 0.3) is 5.91 Å². The lowest BCUT2D eigenvalue weighted by molar-refractivity contribution is -0.119. The van der Waals surface area contributed by atoms with Crippen molar-refractivity contribution < 1.29 is 9.59 Å². The van der Waals surface area contributed by atoms with Crippen molar-refractivity contribution in [1.82, 2.24) is 9.88 Å². The van der Waals surface area contributed by atoms with Gasteiger partial charge >= 0.3 is 0 Å². The van der Waals surface area contributed by atoms with E-state index in [1.54, 1.807) is 57.6 Å². The fourth-order valence-electron chi connectivity index (χ4n) is 2.75. The Labute approximate surface area is 173 Å². The van der Waals surface area contributed by atoms with Crippen LogP contribution < -0.4 is 5.32 Å². The third-order valence-electron chi connectivity index (χ3n) is 4.22. The first-order valence-electron chi connectivity index (χ1n) is 8.33. The number of amides is 2. The number of nitriles is 1. The van der Waals surface area contributed by atoms with Crippen LogP contribution >= 0.6 is 34.4 Å². The lowest BCUT2D eigenvalue weighted by atomic mass is 10.2. The van der Waals surface area contributed by atoms with Crippen molar-refractivity contribution in [3.8, 4) is 16.6 Å². The minimum atomic E-state index is -0.556. The first-order valence-corrected chi connectivity index (χ1v) is 11.3. The molecule has 1 aliphatic heterocycles. The number of nitrogens with zero attached hydrogens (tertiary/aromatic N) is 3. The van der Waals surface area contributed by atoms with Crippen LogP contribution in [0.1, 0.15) is 16.1 Å². The van der Waals surface area contributed by atoms with E-state index in [0.29, 0.717) is 28.6 Å². The molecule has 1 fully saturated rings. The van der Waals surface area contributed by atoms with E-state index < -0.39 is 6.04 Å². The number of hydrogen-bond donors (Lipinski definition) is 1. The molecular weight excluding hydrogens is 412 g/mol. The number of thiophene rings is 1. The number of thiazole rings is 1. The number of thioether (sulfide) groups is 1. The molecule has 0 spiro atoms. The smallest absolute Gasteiger partial charge is 0.274 e. The third-order valence-corrected chi connectivity index (χ3v) is 6.81. The Balaban J connectivity index is 1.47. The first-order chi connectivity index (χ1) is 13.7. The summed E-state index contributed by atoms with van der Waals surface area (Å²) in [5.41, 5.74) is 2.49. The molecule has 140 valence electrons. The molecule has 4 rings (SSSR count). The van der Waals surface area contributed by atoms with Gasteiger partial charge in [-0.15, -0.1) is 23.1 Å². The van der Waals surface area contributed by atoms with Crippen molar-refractivity contribution in [2.75, 3.05) is 16.9 Å². The molecule has 0 radical (unpaired) electrons. The number of rotatable bonds is 4. The number of benzene rings is 1. The molecule has 3 aromatic rings. The SMILES string of the molecule is N#Cc1ccc(NC(=O)C2CSCN2C(=O)c2csc(-c3ccsc3)n2)cc1. The largest absolute Gasteiger partial charge is 0.324 e. The van der Waals surface area contributed by atoms with E-state index >= 15 is 0 Å². The summed E-state index contributed by atoms with van der Waals surface area (Å²) in [7, 11) is 0. The van der Waals surface area contributed by atoms with Crippen LogP contribution in [0.5, 0.6) is 0 Å². The van der Waals surface area contributed by atoms with Gasteiger partial charge in [-0.2, -0.15) is 16.6 Å². The number of carbonyl (C=O) groups is 2. The van der Waals surface area contributed by atoms with Gasteiger partial charge in [0.2, 0.25) is 5.91 Å². The molecule has 0 saturated carbocycles. The fourth-order valence-corrected chi connectivity index (χ4v) is 5.41. The van der Waals surface area contributed by atoms with Crippen molar-refractivity contribution >= 4 is 51.9 Å². The van der Waals surface area contributed by atoms with Gasteiger partial charge in [0.1, 0.15) is 16.7 Å². The molecular formula is C19H14N4O2S3. The van der Waals surface area contributed by atoms with Crippen LogP contribution in [0.15, 0.2) is 46.5 Å². The van der Waals surface area contributed by atoms with Crippen LogP contribution in [-0.4, -0.2) is 39.4 Å². The minimum absolute atomic E-state index is 0.234. The van der Waals surface area contributed by atoms with Crippen LogP contribution in [0.3, 0.4) is 0 Å². The molecule has 1 unspecified atom stereocenters. The monoisotopic (exact) mass is 426 g/mol. The molecule has 1 saturated heterocycles. The predicted molar refractivity (Wildman–Crippen MR) is 112 cm³/mol. The summed E-state index contributed by atoms with van der Waals surface area (Å²) < 4.78 is 0. The Bertz CT molecular complexity index is 1040. The zero-order chi connectivity index (χ0) is 19.5. The quantitative estimate of drug-likeness (QED) is 0.684. The Hall–Kier alpha value is -2.67. The molecule has 2 amide bonds. The highest BCUT2D eigenvalue weighted by molar-refractivity contribution is 7.99. The summed E-state index contributed by atoms with van der Waals surface area (Å²) in [5, 5.41) is 18.2.